The van der Waals surface area contributed by atoms with Crippen molar-refractivity contribution in [1.82, 2.24) is 0 Å². The fourth-order valence-corrected chi connectivity index (χ4v) is 10.0. The van der Waals surface area contributed by atoms with Crippen LogP contribution < -0.4 is 0 Å². The van der Waals surface area contributed by atoms with Gasteiger partial charge in [-0.3, -0.25) is 18.6 Å². The number of hydrogen-bond acceptors (Lipinski definition) is 12. The number of allylic oxidation sites excluding steroid dienone is 2. The second kappa shape index (κ2) is 45.2. The molecule has 13 nitrogen and oxygen atoms in total. The summed E-state index contributed by atoms with van der Waals surface area (Å²) in [4.78, 5) is 35.9. The second-order valence-corrected chi connectivity index (χ2v) is 21.6. The SMILES string of the molecule is CCCCCCCC/C=C/CCCCCCCCCC(=O)O[C@@H](COC(=O)CCCCCCCCCCCCCCCCCCCCCCCCC)COP(=O)(O)OC1C(O)C(O)C(O)[C@H](O)C1O. The highest BCUT2D eigenvalue weighted by molar-refractivity contribution is 7.47. The zero-order chi connectivity index (χ0) is 50.6. The van der Waals surface area contributed by atoms with E-state index in [-0.39, 0.29) is 12.8 Å². The molecular weight excluding hydrogens is 900 g/mol. The molecule has 0 aromatic rings. The molecule has 0 saturated heterocycles. The van der Waals surface area contributed by atoms with Crippen LogP contribution >= 0.6 is 7.82 Å². The number of aliphatic hydroxyl groups excluding tert-OH is 5. The quantitative estimate of drug-likeness (QED) is 0.0145. The van der Waals surface area contributed by atoms with Crippen LogP contribution in [0.3, 0.4) is 0 Å². The lowest BCUT2D eigenvalue weighted by molar-refractivity contribution is -0.220. The standard InChI is InChI=1S/C55H105O13P/c1-3-5-7-9-11-13-15-17-19-21-22-23-24-25-26-28-29-31-33-35-37-39-41-43-48(56)65-45-47(46-66-69(63,64)68-55-53(61)51(59)50(58)52(60)54(55)62)67-49(57)44-42-40-38-36-34-32-30-27-20-18-16-14-12-10-8-6-4-2/h18,20,47,50-55,58-62H,3-17,19,21-46H2,1-2H3,(H,63,64)/b20-18+/t47-,50?,51-,52?,53?,54?,55?/m0/s1. The molecule has 0 amide bonds. The van der Waals surface area contributed by atoms with E-state index in [1.807, 2.05) is 0 Å². The molecule has 1 rings (SSSR count). The zero-order valence-corrected chi connectivity index (χ0v) is 44.8. The largest absolute Gasteiger partial charge is 0.472 e. The number of unbranched alkanes of at least 4 members (excludes halogenated alkanes) is 35. The third-order valence-corrected chi connectivity index (χ3v) is 14.6. The Morgan fingerprint density at radius 1 is 0.435 bits per heavy atom. The van der Waals surface area contributed by atoms with Crippen LogP contribution in [0.25, 0.3) is 0 Å². The molecule has 6 unspecified atom stereocenters. The molecule has 6 N–H and O–H groups in total. The van der Waals surface area contributed by atoms with E-state index >= 15 is 0 Å². The van der Waals surface area contributed by atoms with Crippen LogP contribution in [0.5, 0.6) is 0 Å². The molecular formula is C55H105O13P. The maximum atomic E-state index is 12.9. The van der Waals surface area contributed by atoms with E-state index in [9.17, 15) is 44.6 Å². The molecule has 1 saturated carbocycles. The van der Waals surface area contributed by atoms with Gasteiger partial charge in [0.05, 0.1) is 6.61 Å². The van der Waals surface area contributed by atoms with Gasteiger partial charge in [0.1, 0.15) is 43.2 Å². The summed E-state index contributed by atoms with van der Waals surface area (Å²) in [5.74, 6) is -1.09. The van der Waals surface area contributed by atoms with Gasteiger partial charge in [0, 0.05) is 12.8 Å². The molecule has 69 heavy (non-hydrogen) atoms. The topological polar surface area (TPSA) is 210 Å². The number of aliphatic hydroxyl groups is 5. The highest BCUT2D eigenvalue weighted by atomic mass is 31.2. The van der Waals surface area contributed by atoms with E-state index < -0.39 is 75.7 Å². The molecule has 0 aliphatic heterocycles. The molecule has 8 atom stereocenters. The first-order valence-corrected chi connectivity index (χ1v) is 30.0. The van der Waals surface area contributed by atoms with E-state index in [0.717, 1.165) is 51.4 Å². The summed E-state index contributed by atoms with van der Waals surface area (Å²) < 4.78 is 33.7. The Hall–Kier alpha value is -1.41. The molecule has 0 aromatic carbocycles. The Morgan fingerprint density at radius 3 is 1.10 bits per heavy atom. The van der Waals surface area contributed by atoms with Crippen molar-refractivity contribution in [1.29, 1.82) is 0 Å². The van der Waals surface area contributed by atoms with E-state index in [1.165, 1.54) is 180 Å². The Morgan fingerprint density at radius 2 is 0.739 bits per heavy atom. The normalized spacial score (nSPS) is 20.9. The van der Waals surface area contributed by atoms with Gasteiger partial charge in [0.15, 0.2) is 6.10 Å². The summed E-state index contributed by atoms with van der Waals surface area (Å²) in [5, 5.41) is 50.3. The van der Waals surface area contributed by atoms with Gasteiger partial charge in [-0.15, -0.1) is 0 Å². The maximum Gasteiger partial charge on any atom is 0.472 e. The first-order chi connectivity index (χ1) is 33.4. The van der Waals surface area contributed by atoms with Crippen molar-refractivity contribution in [2.75, 3.05) is 13.2 Å². The predicted molar refractivity (Wildman–Crippen MR) is 277 cm³/mol. The van der Waals surface area contributed by atoms with Gasteiger partial charge >= 0.3 is 19.8 Å². The van der Waals surface area contributed by atoms with Crippen LogP contribution in [0.4, 0.5) is 0 Å². The van der Waals surface area contributed by atoms with E-state index in [2.05, 4.69) is 26.0 Å². The Balaban J connectivity index is 2.31. The highest BCUT2D eigenvalue weighted by Crippen LogP contribution is 2.47. The second-order valence-electron chi connectivity index (χ2n) is 20.2. The van der Waals surface area contributed by atoms with Gasteiger partial charge in [-0.2, -0.15) is 0 Å². The minimum Gasteiger partial charge on any atom is -0.462 e. The fraction of sp³-hybridized carbons (Fsp3) is 0.927. The van der Waals surface area contributed by atoms with Crippen LogP contribution in [0.1, 0.15) is 271 Å². The Bertz CT molecular complexity index is 1250. The van der Waals surface area contributed by atoms with Gasteiger partial charge in [0.2, 0.25) is 0 Å². The minimum atomic E-state index is -5.12. The van der Waals surface area contributed by atoms with E-state index in [1.54, 1.807) is 0 Å². The monoisotopic (exact) mass is 1000 g/mol. The third kappa shape index (κ3) is 37.1. The average Bonchev–Trinajstić information content (AvgIpc) is 3.33. The van der Waals surface area contributed by atoms with Crippen LogP contribution in [-0.4, -0.2) is 98.3 Å². The zero-order valence-electron chi connectivity index (χ0n) is 43.9. The van der Waals surface area contributed by atoms with Gasteiger partial charge in [-0.1, -0.05) is 231 Å². The molecule has 0 aromatic heterocycles. The van der Waals surface area contributed by atoms with Crippen molar-refractivity contribution < 1.29 is 63.1 Å². The van der Waals surface area contributed by atoms with Gasteiger partial charge in [-0.05, 0) is 38.5 Å². The third-order valence-electron chi connectivity index (χ3n) is 13.6. The maximum absolute atomic E-state index is 12.9. The number of phosphoric ester groups is 1. The number of phosphoric acid groups is 1. The lowest BCUT2D eigenvalue weighted by Crippen LogP contribution is -2.64. The van der Waals surface area contributed by atoms with Crippen molar-refractivity contribution in [2.45, 2.75) is 313 Å². The van der Waals surface area contributed by atoms with Crippen molar-refractivity contribution in [3.63, 3.8) is 0 Å². The summed E-state index contributed by atoms with van der Waals surface area (Å²) in [5.41, 5.74) is 0. The molecule has 1 aliphatic rings. The Kier molecular flexibility index (Phi) is 43.0. The minimum absolute atomic E-state index is 0.0964. The van der Waals surface area contributed by atoms with Crippen molar-refractivity contribution in [2.24, 2.45) is 0 Å². The smallest absolute Gasteiger partial charge is 0.462 e. The van der Waals surface area contributed by atoms with Crippen LogP contribution in [0, 0.1) is 0 Å². The summed E-state index contributed by atoms with van der Waals surface area (Å²) in [6.07, 6.45) is 38.3. The summed E-state index contributed by atoms with van der Waals surface area (Å²) >= 11 is 0. The lowest BCUT2D eigenvalue weighted by Gasteiger charge is -2.41. The number of carbonyl (C=O) groups excluding carboxylic acids is 2. The number of esters is 2. The molecule has 0 bridgehead atoms. The first kappa shape index (κ1) is 65.6. The number of ether oxygens (including phenoxy) is 2. The van der Waals surface area contributed by atoms with Gasteiger partial charge < -0.3 is 39.9 Å². The van der Waals surface area contributed by atoms with Gasteiger partial charge in [0.25, 0.3) is 0 Å². The first-order valence-electron chi connectivity index (χ1n) is 28.5. The van der Waals surface area contributed by atoms with Crippen molar-refractivity contribution in [3.05, 3.63) is 12.2 Å². The van der Waals surface area contributed by atoms with Gasteiger partial charge in [-0.25, -0.2) is 4.57 Å². The van der Waals surface area contributed by atoms with Crippen LogP contribution in [0.15, 0.2) is 12.2 Å². The molecule has 408 valence electrons. The van der Waals surface area contributed by atoms with Crippen LogP contribution in [-0.2, 0) is 32.7 Å². The summed E-state index contributed by atoms with van der Waals surface area (Å²) in [6, 6.07) is 0. The predicted octanol–water partition coefficient (Wildman–Crippen LogP) is 13.0. The fourth-order valence-electron chi connectivity index (χ4n) is 9.05. The molecule has 0 radical (unpaired) electrons. The highest BCUT2D eigenvalue weighted by Gasteiger charge is 2.51. The lowest BCUT2D eigenvalue weighted by atomic mass is 9.85. The van der Waals surface area contributed by atoms with Crippen molar-refractivity contribution >= 4 is 19.8 Å². The van der Waals surface area contributed by atoms with E-state index in [0.29, 0.717) is 12.8 Å². The van der Waals surface area contributed by atoms with Crippen LogP contribution in [0.2, 0.25) is 0 Å². The Labute approximate surface area is 420 Å². The van der Waals surface area contributed by atoms with Crippen molar-refractivity contribution in [3.8, 4) is 0 Å². The summed E-state index contributed by atoms with van der Waals surface area (Å²) in [7, 11) is -5.12. The average molecular weight is 1010 g/mol. The number of hydrogen-bond donors (Lipinski definition) is 6. The molecule has 0 heterocycles. The van der Waals surface area contributed by atoms with E-state index in [4.69, 9.17) is 18.5 Å². The summed E-state index contributed by atoms with van der Waals surface area (Å²) in [6.45, 7) is 3.35. The molecule has 14 heteroatoms. The molecule has 1 fully saturated rings. The molecule has 1 aliphatic carbocycles. The molecule has 0 spiro atoms. The number of rotatable bonds is 49. The number of carbonyl (C=O) groups is 2.